The lowest BCUT2D eigenvalue weighted by atomic mass is 10.2. The first-order chi connectivity index (χ1) is 12.1. The molecule has 1 heterocycles. The van der Waals surface area contributed by atoms with Gasteiger partial charge in [-0.2, -0.15) is 0 Å². The monoisotopic (exact) mass is 364 g/mol. The van der Waals surface area contributed by atoms with Crippen molar-refractivity contribution in [3.05, 3.63) is 29.3 Å². The topological polar surface area (TPSA) is 77.5 Å². The number of aromatic nitrogens is 1. The summed E-state index contributed by atoms with van der Waals surface area (Å²) < 4.78 is 11.2. The molecule has 1 N–H and O–H groups in total. The standard InChI is InChI=1S/C18H24N2O4S/c1-13(18(22)19-11-12-23-2)24-17(21)10-6-5-9-16-20-14-7-3-4-8-15(14)25-16/h3-4,7-8,13H,5-6,9-12H2,1-2H3,(H,19,22)/t13-/m0/s1. The summed E-state index contributed by atoms with van der Waals surface area (Å²) in [6.07, 6.45) is 1.95. The number of para-hydroxylation sites is 1. The first-order valence-electron chi connectivity index (χ1n) is 8.40. The van der Waals surface area contributed by atoms with Gasteiger partial charge in [0.05, 0.1) is 21.8 Å². The Balaban J connectivity index is 1.63. The largest absolute Gasteiger partial charge is 0.453 e. The van der Waals surface area contributed by atoms with Crippen molar-refractivity contribution in [1.29, 1.82) is 0 Å². The number of benzene rings is 1. The maximum absolute atomic E-state index is 11.8. The van der Waals surface area contributed by atoms with E-state index < -0.39 is 6.10 Å². The molecule has 0 aliphatic rings. The number of methoxy groups -OCH3 is 1. The van der Waals surface area contributed by atoms with Crippen molar-refractivity contribution in [1.82, 2.24) is 10.3 Å². The Morgan fingerprint density at radius 3 is 2.84 bits per heavy atom. The molecule has 0 radical (unpaired) electrons. The van der Waals surface area contributed by atoms with E-state index in [0.29, 0.717) is 26.0 Å². The molecule has 1 aromatic heterocycles. The second-order valence-corrected chi connectivity index (χ2v) is 6.81. The van der Waals surface area contributed by atoms with E-state index in [4.69, 9.17) is 9.47 Å². The molecule has 2 aromatic rings. The van der Waals surface area contributed by atoms with Gasteiger partial charge in [-0.1, -0.05) is 12.1 Å². The summed E-state index contributed by atoms with van der Waals surface area (Å²) in [6.45, 7) is 2.40. The van der Waals surface area contributed by atoms with E-state index in [1.54, 1.807) is 25.4 Å². The molecule has 6 nitrogen and oxygen atoms in total. The van der Waals surface area contributed by atoms with E-state index in [2.05, 4.69) is 16.4 Å². The number of nitrogens with one attached hydrogen (secondary N) is 1. The van der Waals surface area contributed by atoms with Crippen molar-refractivity contribution < 1.29 is 19.1 Å². The third-order valence-electron chi connectivity index (χ3n) is 3.64. The van der Waals surface area contributed by atoms with Gasteiger partial charge < -0.3 is 14.8 Å². The molecule has 0 fully saturated rings. The Morgan fingerprint density at radius 1 is 1.28 bits per heavy atom. The van der Waals surface area contributed by atoms with Gasteiger partial charge in [-0.05, 0) is 38.3 Å². The average Bonchev–Trinajstić information content (AvgIpc) is 3.01. The van der Waals surface area contributed by atoms with Crippen molar-refractivity contribution in [3.8, 4) is 0 Å². The van der Waals surface area contributed by atoms with Crippen molar-refractivity contribution in [2.45, 2.75) is 38.7 Å². The first-order valence-corrected chi connectivity index (χ1v) is 9.22. The van der Waals surface area contributed by atoms with Crippen LogP contribution in [0.2, 0.25) is 0 Å². The summed E-state index contributed by atoms with van der Waals surface area (Å²) in [5.41, 5.74) is 1.02. The minimum Gasteiger partial charge on any atom is -0.453 e. The second-order valence-electron chi connectivity index (χ2n) is 5.70. The highest BCUT2D eigenvalue weighted by Crippen LogP contribution is 2.22. The van der Waals surface area contributed by atoms with Gasteiger partial charge in [0.15, 0.2) is 6.10 Å². The minimum atomic E-state index is -0.784. The molecule has 7 heteroatoms. The molecule has 0 saturated heterocycles. The number of nitrogens with zero attached hydrogens (tertiary/aromatic N) is 1. The van der Waals surface area contributed by atoms with Gasteiger partial charge in [-0.3, -0.25) is 9.59 Å². The third-order valence-corrected chi connectivity index (χ3v) is 4.74. The van der Waals surface area contributed by atoms with Gasteiger partial charge in [-0.15, -0.1) is 11.3 Å². The molecular formula is C18H24N2O4S. The third kappa shape index (κ3) is 6.43. The summed E-state index contributed by atoms with van der Waals surface area (Å²) in [5.74, 6) is -0.654. The minimum absolute atomic E-state index is 0.306. The quantitative estimate of drug-likeness (QED) is 0.518. The Labute approximate surface area is 151 Å². The molecule has 136 valence electrons. The number of carbonyl (C=O) groups excluding carboxylic acids is 2. The zero-order valence-corrected chi connectivity index (χ0v) is 15.4. The summed E-state index contributed by atoms with van der Waals surface area (Å²) in [6, 6.07) is 8.06. The van der Waals surface area contributed by atoms with Crippen molar-refractivity contribution in [3.63, 3.8) is 0 Å². The summed E-state index contributed by atoms with van der Waals surface area (Å²) in [5, 5.41) is 3.73. The van der Waals surface area contributed by atoms with E-state index in [1.807, 2.05) is 18.2 Å². The number of rotatable bonds is 10. The Morgan fingerprint density at radius 2 is 2.08 bits per heavy atom. The molecule has 1 aromatic carbocycles. The lowest BCUT2D eigenvalue weighted by Crippen LogP contribution is -2.37. The van der Waals surface area contributed by atoms with Crippen LogP contribution >= 0.6 is 11.3 Å². The molecule has 25 heavy (non-hydrogen) atoms. The molecular weight excluding hydrogens is 340 g/mol. The molecule has 0 unspecified atom stereocenters. The van der Waals surface area contributed by atoms with Gasteiger partial charge >= 0.3 is 5.97 Å². The number of amides is 1. The summed E-state index contributed by atoms with van der Waals surface area (Å²) in [7, 11) is 1.56. The maximum atomic E-state index is 11.8. The second kappa shape index (κ2) is 10.1. The number of esters is 1. The van der Waals surface area contributed by atoms with E-state index in [1.165, 1.54) is 4.70 Å². The van der Waals surface area contributed by atoms with Crippen LogP contribution < -0.4 is 5.32 Å². The number of hydrogen-bond acceptors (Lipinski definition) is 6. The summed E-state index contributed by atoms with van der Waals surface area (Å²) in [4.78, 5) is 28.1. The van der Waals surface area contributed by atoms with Gasteiger partial charge in [0, 0.05) is 20.1 Å². The fraction of sp³-hybridized carbons (Fsp3) is 0.500. The van der Waals surface area contributed by atoms with Crippen LogP contribution in [0, 0.1) is 0 Å². The fourth-order valence-corrected chi connectivity index (χ4v) is 3.31. The van der Waals surface area contributed by atoms with Crippen LogP contribution in [0.4, 0.5) is 0 Å². The number of aryl methyl sites for hydroxylation is 1. The molecule has 0 spiro atoms. The molecule has 0 aliphatic carbocycles. The first kappa shape index (κ1) is 19.3. The highest BCUT2D eigenvalue weighted by Gasteiger charge is 2.17. The number of thiazole rings is 1. The number of fused-ring (bicyclic) bond motifs is 1. The van der Waals surface area contributed by atoms with Crippen LogP contribution in [-0.4, -0.2) is 43.2 Å². The lowest BCUT2D eigenvalue weighted by molar-refractivity contribution is -0.154. The Hall–Kier alpha value is -1.99. The van der Waals surface area contributed by atoms with Gasteiger partial charge in [0.25, 0.3) is 5.91 Å². The molecule has 0 bridgehead atoms. The van der Waals surface area contributed by atoms with Crippen molar-refractivity contribution in [2.75, 3.05) is 20.3 Å². The van der Waals surface area contributed by atoms with Crippen LogP contribution in [0.3, 0.4) is 0 Å². The zero-order valence-electron chi connectivity index (χ0n) is 14.6. The average molecular weight is 364 g/mol. The van der Waals surface area contributed by atoms with Crippen LogP contribution in [0.5, 0.6) is 0 Å². The fourth-order valence-electron chi connectivity index (χ4n) is 2.30. The zero-order chi connectivity index (χ0) is 18.1. The predicted octanol–water partition coefficient (Wildman–Crippen LogP) is 2.70. The Kier molecular flexibility index (Phi) is 7.81. The molecule has 0 aliphatic heterocycles. The van der Waals surface area contributed by atoms with Gasteiger partial charge in [-0.25, -0.2) is 4.98 Å². The van der Waals surface area contributed by atoms with Crippen LogP contribution in [0.1, 0.15) is 31.2 Å². The van der Waals surface area contributed by atoms with Crippen LogP contribution in [0.25, 0.3) is 10.2 Å². The van der Waals surface area contributed by atoms with E-state index >= 15 is 0 Å². The SMILES string of the molecule is COCCNC(=O)[C@H](C)OC(=O)CCCCc1nc2ccccc2s1. The van der Waals surface area contributed by atoms with Crippen molar-refractivity contribution in [2.24, 2.45) is 0 Å². The highest BCUT2D eigenvalue weighted by atomic mass is 32.1. The smallest absolute Gasteiger partial charge is 0.306 e. The van der Waals surface area contributed by atoms with Crippen LogP contribution in [-0.2, 0) is 25.5 Å². The number of carbonyl (C=O) groups is 2. The lowest BCUT2D eigenvalue weighted by Gasteiger charge is -2.13. The summed E-state index contributed by atoms with van der Waals surface area (Å²) >= 11 is 1.69. The molecule has 1 amide bonds. The van der Waals surface area contributed by atoms with E-state index in [0.717, 1.165) is 23.4 Å². The normalized spacial score (nSPS) is 12.1. The molecule has 2 rings (SSSR count). The Bertz CT molecular complexity index is 668. The highest BCUT2D eigenvalue weighted by molar-refractivity contribution is 7.18. The molecule has 0 saturated carbocycles. The number of hydrogen-bond donors (Lipinski definition) is 1. The number of ether oxygens (including phenoxy) is 2. The van der Waals surface area contributed by atoms with Gasteiger partial charge in [0.2, 0.25) is 0 Å². The van der Waals surface area contributed by atoms with E-state index in [-0.39, 0.29) is 11.9 Å². The van der Waals surface area contributed by atoms with Crippen molar-refractivity contribution >= 4 is 33.4 Å². The number of unbranched alkanes of at least 4 members (excludes halogenated alkanes) is 1. The van der Waals surface area contributed by atoms with Gasteiger partial charge in [0.1, 0.15) is 0 Å². The maximum Gasteiger partial charge on any atom is 0.306 e. The van der Waals surface area contributed by atoms with E-state index in [9.17, 15) is 9.59 Å². The van der Waals surface area contributed by atoms with Crippen LogP contribution in [0.15, 0.2) is 24.3 Å². The predicted molar refractivity (Wildman–Crippen MR) is 97.6 cm³/mol. The molecule has 1 atom stereocenters.